The average Bonchev–Trinajstić information content (AvgIpc) is 3.10. The van der Waals surface area contributed by atoms with E-state index in [1.807, 2.05) is 35.1 Å². The van der Waals surface area contributed by atoms with E-state index < -0.39 is 0 Å². The summed E-state index contributed by atoms with van der Waals surface area (Å²) >= 11 is 7.95. The lowest BCUT2D eigenvalue weighted by molar-refractivity contribution is 0.862. The van der Waals surface area contributed by atoms with Crippen molar-refractivity contribution in [3.63, 3.8) is 0 Å². The normalized spacial score (nSPS) is 12.3. The molecule has 0 bridgehead atoms. The van der Waals surface area contributed by atoms with Crippen LogP contribution in [-0.4, -0.2) is 9.78 Å². The van der Waals surface area contributed by atoms with Crippen molar-refractivity contribution >= 4 is 28.6 Å². The highest BCUT2D eigenvalue weighted by Crippen LogP contribution is 2.30. The van der Waals surface area contributed by atoms with Gasteiger partial charge in [-0.2, -0.15) is 5.10 Å². The van der Waals surface area contributed by atoms with Crippen LogP contribution in [0.4, 0.5) is 5.69 Å². The van der Waals surface area contributed by atoms with Gasteiger partial charge in [-0.05, 0) is 50.2 Å². The fourth-order valence-corrected chi connectivity index (χ4v) is 3.28. The molecule has 1 unspecified atom stereocenters. The first-order valence-corrected chi connectivity index (χ1v) is 7.95. The summed E-state index contributed by atoms with van der Waals surface area (Å²) in [5.74, 6) is 0. The molecule has 1 atom stereocenters. The molecule has 0 aliphatic heterocycles. The molecule has 0 aliphatic rings. The molecule has 21 heavy (non-hydrogen) atoms. The monoisotopic (exact) mass is 317 g/mol. The molecule has 0 spiro atoms. The Bertz CT molecular complexity index is 734. The fourth-order valence-electron chi connectivity index (χ4n) is 2.23. The molecule has 3 rings (SSSR count). The van der Waals surface area contributed by atoms with Gasteiger partial charge in [0.15, 0.2) is 0 Å². The van der Waals surface area contributed by atoms with Crippen LogP contribution in [0, 0.1) is 6.92 Å². The number of hydrogen-bond donors (Lipinski definition) is 1. The van der Waals surface area contributed by atoms with Gasteiger partial charge in [-0.3, -0.25) is 0 Å². The van der Waals surface area contributed by atoms with E-state index in [9.17, 15) is 0 Å². The molecule has 0 fully saturated rings. The standard InChI is InChI=1S/C16H16ClN3S/c1-11-4-7-16(21-11)12(2)19-14-10-13(17)5-6-15(14)20-9-3-8-18-20/h3-10,12,19H,1-2H3. The van der Waals surface area contributed by atoms with Crippen LogP contribution in [-0.2, 0) is 0 Å². The molecule has 0 saturated heterocycles. The van der Waals surface area contributed by atoms with Crippen molar-refractivity contribution in [1.29, 1.82) is 0 Å². The second kappa shape index (κ2) is 5.92. The maximum atomic E-state index is 6.14. The maximum absolute atomic E-state index is 6.14. The third-order valence-electron chi connectivity index (χ3n) is 3.27. The Balaban J connectivity index is 1.92. The summed E-state index contributed by atoms with van der Waals surface area (Å²) in [6.45, 7) is 4.27. The van der Waals surface area contributed by atoms with Crippen molar-refractivity contribution in [1.82, 2.24) is 9.78 Å². The quantitative estimate of drug-likeness (QED) is 0.728. The number of nitrogens with one attached hydrogen (secondary N) is 1. The van der Waals surface area contributed by atoms with E-state index in [-0.39, 0.29) is 6.04 Å². The summed E-state index contributed by atoms with van der Waals surface area (Å²) < 4.78 is 1.84. The van der Waals surface area contributed by atoms with Crippen LogP contribution in [0.5, 0.6) is 0 Å². The number of nitrogens with zero attached hydrogens (tertiary/aromatic N) is 2. The summed E-state index contributed by atoms with van der Waals surface area (Å²) in [5, 5.41) is 8.54. The molecular weight excluding hydrogens is 302 g/mol. The minimum absolute atomic E-state index is 0.219. The van der Waals surface area contributed by atoms with Crippen LogP contribution in [0.1, 0.15) is 22.7 Å². The number of rotatable bonds is 4. The van der Waals surface area contributed by atoms with Crippen LogP contribution in [0.3, 0.4) is 0 Å². The van der Waals surface area contributed by atoms with Crippen LogP contribution >= 0.6 is 22.9 Å². The summed E-state index contributed by atoms with van der Waals surface area (Å²) in [5.41, 5.74) is 1.97. The number of halogens is 1. The Morgan fingerprint density at radius 1 is 1.29 bits per heavy atom. The molecule has 2 aromatic heterocycles. The Morgan fingerprint density at radius 2 is 2.14 bits per heavy atom. The molecule has 2 heterocycles. The Kier molecular flexibility index (Phi) is 3.99. The van der Waals surface area contributed by atoms with E-state index in [1.165, 1.54) is 9.75 Å². The molecule has 0 saturated carbocycles. The molecule has 3 nitrogen and oxygen atoms in total. The van der Waals surface area contributed by atoms with Gasteiger partial charge < -0.3 is 5.32 Å². The molecular formula is C16H16ClN3S. The molecule has 0 aliphatic carbocycles. The van der Waals surface area contributed by atoms with Gasteiger partial charge in [0.2, 0.25) is 0 Å². The SMILES string of the molecule is Cc1ccc(C(C)Nc2cc(Cl)ccc2-n2cccn2)s1. The minimum atomic E-state index is 0.219. The summed E-state index contributed by atoms with van der Waals surface area (Å²) in [7, 11) is 0. The van der Waals surface area contributed by atoms with Crippen molar-refractivity contribution < 1.29 is 0 Å². The second-order valence-corrected chi connectivity index (χ2v) is 6.68. The van der Waals surface area contributed by atoms with Gasteiger partial charge >= 0.3 is 0 Å². The Labute approximate surface area is 133 Å². The Hall–Kier alpha value is -1.78. The molecule has 0 radical (unpaired) electrons. The summed E-state index contributed by atoms with van der Waals surface area (Å²) in [6.07, 6.45) is 3.69. The number of anilines is 1. The number of thiophene rings is 1. The van der Waals surface area contributed by atoms with Crippen molar-refractivity contribution in [2.45, 2.75) is 19.9 Å². The van der Waals surface area contributed by atoms with Gasteiger partial charge in [0, 0.05) is 27.2 Å². The fraction of sp³-hybridized carbons (Fsp3) is 0.188. The second-order valence-electron chi connectivity index (χ2n) is 4.93. The number of benzene rings is 1. The number of hydrogen-bond acceptors (Lipinski definition) is 3. The molecule has 0 amide bonds. The lowest BCUT2D eigenvalue weighted by Crippen LogP contribution is -2.08. The van der Waals surface area contributed by atoms with Gasteiger partial charge in [0.05, 0.1) is 17.4 Å². The van der Waals surface area contributed by atoms with E-state index in [1.54, 1.807) is 17.5 Å². The first-order chi connectivity index (χ1) is 10.1. The van der Waals surface area contributed by atoms with Gasteiger partial charge in [-0.15, -0.1) is 11.3 Å². The van der Waals surface area contributed by atoms with E-state index in [0.29, 0.717) is 5.02 Å². The van der Waals surface area contributed by atoms with Gasteiger partial charge in [0.1, 0.15) is 0 Å². The zero-order chi connectivity index (χ0) is 14.8. The third-order valence-corrected chi connectivity index (χ3v) is 4.69. The number of aryl methyl sites for hydroxylation is 1. The maximum Gasteiger partial charge on any atom is 0.0878 e. The summed E-state index contributed by atoms with van der Waals surface area (Å²) in [6, 6.07) is 12.2. The molecule has 5 heteroatoms. The van der Waals surface area contributed by atoms with Crippen molar-refractivity contribution in [2.75, 3.05) is 5.32 Å². The van der Waals surface area contributed by atoms with E-state index >= 15 is 0 Å². The smallest absolute Gasteiger partial charge is 0.0878 e. The van der Waals surface area contributed by atoms with Crippen LogP contribution in [0.15, 0.2) is 48.8 Å². The van der Waals surface area contributed by atoms with E-state index in [4.69, 9.17) is 11.6 Å². The highest BCUT2D eigenvalue weighted by Gasteiger charge is 2.12. The highest BCUT2D eigenvalue weighted by atomic mass is 35.5. The first kappa shape index (κ1) is 14.2. The Morgan fingerprint density at radius 3 is 2.81 bits per heavy atom. The van der Waals surface area contributed by atoms with Crippen LogP contribution in [0.2, 0.25) is 5.02 Å². The lowest BCUT2D eigenvalue weighted by Gasteiger charge is -2.17. The minimum Gasteiger partial charge on any atom is -0.376 e. The zero-order valence-electron chi connectivity index (χ0n) is 11.9. The molecule has 1 N–H and O–H groups in total. The molecule has 3 aromatic rings. The average molecular weight is 318 g/mol. The van der Waals surface area contributed by atoms with Gasteiger partial charge in [0.25, 0.3) is 0 Å². The first-order valence-electron chi connectivity index (χ1n) is 6.76. The third kappa shape index (κ3) is 3.12. The van der Waals surface area contributed by atoms with Gasteiger partial charge in [-0.25, -0.2) is 4.68 Å². The van der Waals surface area contributed by atoms with Crippen molar-refractivity contribution in [2.24, 2.45) is 0 Å². The largest absolute Gasteiger partial charge is 0.376 e. The lowest BCUT2D eigenvalue weighted by atomic mass is 10.2. The zero-order valence-corrected chi connectivity index (χ0v) is 13.4. The highest BCUT2D eigenvalue weighted by molar-refractivity contribution is 7.12. The summed E-state index contributed by atoms with van der Waals surface area (Å²) in [4.78, 5) is 2.62. The van der Waals surface area contributed by atoms with Crippen molar-refractivity contribution in [3.8, 4) is 5.69 Å². The van der Waals surface area contributed by atoms with E-state index in [2.05, 4.69) is 36.4 Å². The predicted octanol–water partition coefficient (Wildman–Crippen LogP) is 5.07. The van der Waals surface area contributed by atoms with E-state index in [0.717, 1.165) is 11.4 Å². The number of aromatic nitrogens is 2. The topological polar surface area (TPSA) is 29.9 Å². The van der Waals surface area contributed by atoms with Crippen LogP contribution < -0.4 is 5.32 Å². The van der Waals surface area contributed by atoms with Gasteiger partial charge in [-0.1, -0.05) is 11.6 Å². The van der Waals surface area contributed by atoms with Crippen LogP contribution in [0.25, 0.3) is 5.69 Å². The van der Waals surface area contributed by atoms with Crippen molar-refractivity contribution in [3.05, 3.63) is 63.6 Å². The molecule has 1 aromatic carbocycles. The predicted molar refractivity (Wildman–Crippen MR) is 89.7 cm³/mol. The molecule has 108 valence electrons.